The largest absolute Gasteiger partial charge is 0.548 e. The molecule has 0 aromatic carbocycles. The SMILES string of the molecule is CC(C)[C@H](NC(=O)OC(C)(C)C)C(=O)N1CCC(C(=O)N2CCC[C@H]2C(=O)[O-])CC1. The molecule has 0 unspecified atom stereocenters. The number of aliphatic carboxylic acids is 1. The van der Waals surface area contributed by atoms with Crippen LogP contribution < -0.4 is 10.4 Å². The molecule has 0 radical (unpaired) electrons. The van der Waals surface area contributed by atoms with E-state index in [1.165, 1.54) is 4.90 Å². The molecular formula is C21H34N3O6-. The van der Waals surface area contributed by atoms with Gasteiger partial charge in [0.1, 0.15) is 11.6 Å². The molecule has 9 heteroatoms. The van der Waals surface area contributed by atoms with E-state index in [-0.39, 0.29) is 23.7 Å². The second kappa shape index (κ2) is 9.66. The number of amides is 3. The summed E-state index contributed by atoms with van der Waals surface area (Å²) in [6.45, 7) is 10.2. The predicted molar refractivity (Wildman–Crippen MR) is 107 cm³/mol. The van der Waals surface area contributed by atoms with Gasteiger partial charge < -0.3 is 29.8 Å². The van der Waals surface area contributed by atoms with Gasteiger partial charge in [0.25, 0.3) is 0 Å². The number of likely N-dealkylation sites (tertiary alicyclic amines) is 2. The summed E-state index contributed by atoms with van der Waals surface area (Å²) < 4.78 is 5.27. The highest BCUT2D eigenvalue weighted by atomic mass is 16.6. The molecule has 9 nitrogen and oxygen atoms in total. The van der Waals surface area contributed by atoms with Crippen LogP contribution >= 0.6 is 0 Å². The number of carboxylic acid groups (broad SMARTS) is 1. The number of hydrogen-bond donors (Lipinski definition) is 1. The smallest absolute Gasteiger partial charge is 0.408 e. The third-order valence-corrected chi connectivity index (χ3v) is 5.57. The average molecular weight is 425 g/mol. The predicted octanol–water partition coefficient (Wildman–Crippen LogP) is 0.515. The zero-order valence-corrected chi connectivity index (χ0v) is 18.6. The summed E-state index contributed by atoms with van der Waals surface area (Å²) in [5, 5.41) is 13.9. The number of nitrogens with zero attached hydrogens (tertiary/aromatic N) is 2. The van der Waals surface area contributed by atoms with Crippen LogP contribution in [0.1, 0.15) is 60.3 Å². The monoisotopic (exact) mass is 424 g/mol. The zero-order chi connectivity index (χ0) is 22.6. The first-order valence-electron chi connectivity index (χ1n) is 10.7. The van der Waals surface area contributed by atoms with Crippen molar-refractivity contribution in [3.63, 3.8) is 0 Å². The number of carbonyl (C=O) groups excluding carboxylic acids is 4. The summed E-state index contributed by atoms with van der Waals surface area (Å²) in [6.07, 6.45) is 1.39. The number of carbonyl (C=O) groups is 4. The number of alkyl carbamates (subject to hydrolysis) is 1. The first-order valence-corrected chi connectivity index (χ1v) is 10.7. The molecular weight excluding hydrogens is 390 g/mol. The maximum Gasteiger partial charge on any atom is 0.408 e. The minimum Gasteiger partial charge on any atom is -0.548 e. The second-order valence-corrected chi connectivity index (χ2v) is 9.48. The first kappa shape index (κ1) is 24.0. The van der Waals surface area contributed by atoms with Crippen molar-refractivity contribution in [3.8, 4) is 0 Å². The van der Waals surface area contributed by atoms with Crippen molar-refractivity contribution in [1.82, 2.24) is 15.1 Å². The fraction of sp³-hybridized carbons (Fsp3) is 0.810. The maximum atomic E-state index is 13.0. The van der Waals surface area contributed by atoms with Crippen LogP contribution in [0.15, 0.2) is 0 Å². The van der Waals surface area contributed by atoms with E-state index in [2.05, 4.69) is 5.32 Å². The topological polar surface area (TPSA) is 119 Å². The molecule has 1 N–H and O–H groups in total. The Kier molecular flexibility index (Phi) is 7.71. The molecule has 2 aliphatic heterocycles. The maximum absolute atomic E-state index is 13.0. The molecule has 2 atom stereocenters. The Labute approximate surface area is 178 Å². The van der Waals surface area contributed by atoms with Gasteiger partial charge >= 0.3 is 6.09 Å². The number of ether oxygens (including phenoxy) is 1. The number of nitrogens with one attached hydrogen (secondary N) is 1. The summed E-state index contributed by atoms with van der Waals surface area (Å²) in [5.41, 5.74) is -0.660. The van der Waals surface area contributed by atoms with E-state index < -0.39 is 29.7 Å². The van der Waals surface area contributed by atoms with Crippen molar-refractivity contribution in [2.24, 2.45) is 11.8 Å². The third kappa shape index (κ3) is 6.09. The van der Waals surface area contributed by atoms with Crippen LogP contribution in [0, 0.1) is 11.8 Å². The standard InChI is InChI=1S/C21H35N3O6/c1-13(2)16(22-20(29)30-21(3,4)5)18(26)23-11-8-14(9-12-23)17(25)24-10-6-7-15(24)19(27)28/h13-16H,6-12H2,1-5H3,(H,22,29)(H,27,28)/p-1/t15-,16-/m0/s1. The average Bonchev–Trinajstić information content (AvgIpc) is 3.13. The molecule has 0 spiro atoms. The molecule has 2 fully saturated rings. The third-order valence-electron chi connectivity index (χ3n) is 5.57. The highest BCUT2D eigenvalue weighted by molar-refractivity contribution is 5.87. The van der Waals surface area contributed by atoms with Crippen molar-refractivity contribution in [2.45, 2.75) is 78.0 Å². The van der Waals surface area contributed by atoms with E-state index in [0.29, 0.717) is 45.3 Å². The molecule has 30 heavy (non-hydrogen) atoms. The van der Waals surface area contributed by atoms with Crippen molar-refractivity contribution in [3.05, 3.63) is 0 Å². The fourth-order valence-corrected chi connectivity index (χ4v) is 4.00. The van der Waals surface area contributed by atoms with E-state index in [0.717, 1.165) is 0 Å². The molecule has 0 aromatic heterocycles. The Morgan fingerprint density at radius 1 is 1.03 bits per heavy atom. The van der Waals surface area contributed by atoms with Gasteiger partial charge in [-0.25, -0.2) is 4.79 Å². The Balaban J connectivity index is 1.93. The summed E-state index contributed by atoms with van der Waals surface area (Å²) in [6, 6.07) is -1.56. The van der Waals surface area contributed by atoms with Gasteiger partial charge in [0.05, 0.1) is 12.0 Å². The van der Waals surface area contributed by atoms with Gasteiger partial charge in [-0.1, -0.05) is 13.8 Å². The van der Waals surface area contributed by atoms with Gasteiger partial charge in [0.2, 0.25) is 11.8 Å². The molecule has 0 saturated carbocycles. The van der Waals surface area contributed by atoms with Crippen molar-refractivity contribution < 1.29 is 29.0 Å². The van der Waals surface area contributed by atoms with Crippen LogP contribution in [0.25, 0.3) is 0 Å². The van der Waals surface area contributed by atoms with Crippen LogP contribution in [0.4, 0.5) is 4.79 Å². The Hall–Kier alpha value is -2.32. The van der Waals surface area contributed by atoms with E-state index in [1.54, 1.807) is 25.7 Å². The lowest BCUT2D eigenvalue weighted by molar-refractivity contribution is -0.310. The summed E-state index contributed by atoms with van der Waals surface area (Å²) in [7, 11) is 0. The minimum atomic E-state index is -1.21. The second-order valence-electron chi connectivity index (χ2n) is 9.48. The number of hydrogen-bond acceptors (Lipinski definition) is 6. The first-order chi connectivity index (χ1) is 13.9. The Morgan fingerprint density at radius 2 is 1.63 bits per heavy atom. The zero-order valence-electron chi connectivity index (χ0n) is 18.6. The van der Waals surface area contributed by atoms with Crippen molar-refractivity contribution >= 4 is 23.9 Å². The van der Waals surface area contributed by atoms with E-state index in [1.807, 2.05) is 13.8 Å². The number of rotatable bonds is 5. The normalized spacial score (nSPS) is 21.5. The Bertz CT molecular complexity index is 664. The summed E-state index contributed by atoms with van der Waals surface area (Å²) in [5.74, 6) is -2.00. The molecule has 2 rings (SSSR count). The van der Waals surface area contributed by atoms with Gasteiger partial charge in [-0.05, 0) is 52.4 Å². The summed E-state index contributed by atoms with van der Waals surface area (Å²) in [4.78, 5) is 52.2. The van der Waals surface area contributed by atoms with Gasteiger partial charge in [0.15, 0.2) is 0 Å². The lowest BCUT2D eigenvalue weighted by Crippen LogP contribution is -2.55. The van der Waals surface area contributed by atoms with Gasteiger partial charge in [-0.2, -0.15) is 0 Å². The van der Waals surface area contributed by atoms with Gasteiger partial charge in [-0.15, -0.1) is 0 Å². The van der Waals surface area contributed by atoms with E-state index in [9.17, 15) is 24.3 Å². The molecule has 170 valence electrons. The molecule has 3 amide bonds. The molecule has 2 aliphatic rings. The van der Waals surface area contributed by atoms with Gasteiger partial charge in [0, 0.05) is 25.6 Å². The highest BCUT2D eigenvalue weighted by Crippen LogP contribution is 2.26. The Morgan fingerprint density at radius 3 is 2.13 bits per heavy atom. The van der Waals surface area contributed by atoms with Crippen molar-refractivity contribution in [2.75, 3.05) is 19.6 Å². The number of carboxylic acids is 1. The molecule has 0 bridgehead atoms. The van der Waals surface area contributed by atoms with Crippen LogP contribution in [0.3, 0.4) is 0 Å². The van der Waals surface area contributed by atoms with Crippen LogP contribution in [-0.2, 0) is 19.1 Å². The van der Waals surface area contributed by atoms with Crippen molar-refractivity contribution in [1.29, 1.82) is 0 Å². The van der Waals surface area contributed by atoms with Crippen LogP contribution in [0.2, 0.25) is 0 Å². The summed E-state index contributed by atoms with van der Waals surface area (Å²) >= 11 is 0. The van der Waals surface area contributed by atoms with Gasteiger partial charge in [-0.3, -0.25) is 9.59 Å². The molecule has 0 aliphatic carbocycles. The van der Waals surface area contributed by atoms with Crippen LogP contribution in [0.5, 0.6) is 0 Å². The lowest BCUT2D eigenvalue weighted by atomic mass is 9.93. The molecule has 2 heterocycles. The molecule has 0 aromatic rings. The fourth-order valence-electron chi connectivity index (χ4n) is 4.00. The quantitative estimate of drug-likeness (QED) is 0.687. The van der Waals surface area contributed by atoms with E-state index in [4.69, 9.17) is 4.74 Å². The lowest BCUT2D eigenvalue weighted by Gasteiger charge is -2.37. The highest BCUT2D eigenvalue weighted by Gasteiger charge is 2.37. The molecule has 2 saturated heterocycles. The minimum absolute atomic E-state index is 0.127. The van der Waals surface area contributed by atoms with Crippen LogP contribution in [-0.4, -0.2) is 71.0 Å². The number of piperidine rings is 1. The van der Waals surface area contributed by atoms with E-state index >= 15 is 0 Å².